The smallest absolute Gasteiger partial charge is 0.132 e. The van der Waals surface area contributed by atoms with Crippen LogP contribution in [0.1, 0.15) is 5.69 Å². The van der Waals surface area contributed by atoms with E-state index >= 15 is 0 Å². The van der Waals surface area contributed by atoms with E-state index in [1.165, 1.54) is 0 Å². The number of rotatable bonds is 1. The number of hydrogen-bond acceptors (Lipinski definition) is 4. The third-order valence-corrected chi connectivity index (χ3v) is 2.81. The summed E-state index contributed by atoms with van der Waals surface area (Å²) in [6.45, 7) is 4.03. The van der Waals surface area contributed by atoms with Crippen LogP contribution in [-0.2, 0) is 0 Å². The molecule has 84 valence electrons. The minimum Gasteiger partial charge on any atom is -0.399 e. The molecule has 2 rings (SSSR count). The van der Waals surface area contributed by atoms with Crippen molar-refractivity contribution < 1.29 is 0 Å². The van der Waals surface area contributed by atoms with E-state index in [0.717, 1.165) is 32.0 Å². The Bertz CT molecular complexity index is 414. The van der Waals surface area contributed by atoms with Crippen LogP contribution >= 0.6 is 0 Å². The Morgan fingerprint density at radius 2 is 2.00 bits per heavy atom. The van der Waals surface area contributed by atoms with E-state index in [9.17, 15) is 0 Å². The van der Waals surface area contributed by atoms with Crippen LogP contribution in [0.15, 0.2) is 12.1 Å². The number of nitrogens with zero attached hydrogens (tertiary/aromatic N) is 3. The molecule has 0 unspecified atom stereocenters. The molecule has 1 fully saturated rings. The zero-order chi connectivity index (χ0) is 11.5. The molecule has 4 nitrogen and oxygen atoms in total. The zero-order valence-corrected chi connectivity index (χ0v) is 9.48. The number of likely N-dealkylation sites (N-methyl/N-ethyl adjacent to an activating group) is 1. The molecule has 1 aliphatic heterocycles. The van der Waals surface area contributed by atoms with E-state index in [0.29, 0.717) is 11.4 Å². The standard InChI is InChI=1S/C12H16N4/c1-3-11-8-10(13)9-12(14-11)16-6-4-15(2)5-7-16/h1,8-9H,4-7H2,2H3,(H2,13,14). The first kappa shape index (κ1) is 10.8. The highest BCUT2D eigenvalue weighted by Gasteiger charge is 2.15. The Balaban J connectivity index is 2.20. The van der Waals surface area contributed by atoms with Gasteiger partial charge in [0.1, 0.15) is 11.5 Å². The number of anilines is 2. The van der Waals surface area contributed by atoms with Gasteiger partial charge in [-0.15, -0.1) is 6.42 Å². The second-order valence-corrected chi connectivity index (χ2v) is 4.08. The van der Waals surface area contributed by atoms with Gasteiger partial charge in [-0.05, 0) is 13.1 Å². The van der Waals surface area contributed by atoms with Crippen LogP contribution in [0.4, 0.5) is 11.5 Å². The van der Waals surface area contributed by atoms with Crippen molar-refractivity contribution in [3.05, 3.63) is 17.8 Å². The van der Waals surface area contributed by atoms with Gasteiger partial charge in [-0.1, -0.05) is 5.92 Å². The van der Waals surface area contributed by atoms with E-state index in [1.807, 2.05) is 6.07 Å². The lowest BCUT2D eigenvalue weighted by Crippen LogP contribution is -2.44. The lowest BCUT2D eigenvalue weighted by atomic mass is 10.2. The molecular weight excluding hydrogens is 200 g/mol. The van der Waals surface area contributed by atoms with Gasteiger partial charge in [-0.3, -0.25) is 0 Å². The monoisotopic (exact) mass is 216 g/mol. The van der Waals surface area contributed by atoms with Crippen molar-refractivity contribution in [1.82, 2.24) is 9.88 Å². The van der Waals surface area contributed by atoms with Gasteiger partial charge in [-0.2, -0.15) is 0 Å². The number of hydrogen-bond donors (Lipinski definition) is 1. The minimum atomic E-state index is 0.605. The van der Waals surface area contributed by atoms with Crippen molar-refractivity contribution in [2.45, 2.75) is 0 Å². The molecule has 0 amide bonds. The van der Waals surface area contributed by atoms with Crippen LogP contribution in [0.5, 0.6) is 0 Å². The summed E-state index contributed by atoms with van der Waals surface area (Å²) < 4.78 is 0. The number of aromatic nitrogens is 1. The van der Waals surface area contributed by atoms with Crippen molar-refractivity contribution in [3.63, 3.8) is 0 Å². The van der Waals surface area contributed by atoms with Gasteiger partial charge >= 0.3 is 0 Å². The van der Waals surface area contributed by atoms with Crippen LogP contribution in [0.2, 0.25) is 0 Å². The van der Waals surface area contributed by atoms with E-state index < -0.39 is 0 Å². The molecule has 0 aliphatic carbocycles. The average Bonchev–Trinajstić information content (AvgIpc) is 2.29. The van der Waals surface area contributed by atoms with E-state index in [1.54, 1.807) is 6.07 Å². The number of nitrogens with two attached hydrogens (primary N) is 1. The fourth-order valence-electron chi connectivity index (χ4n) is 1.81. The number of pyridine rings is 1. The van der Waals surface area contributed by atoms with Crippen molar-refractivity contribution in [2.75, 3.05) is 43.9 Å². The van der Waals surface area contributed by atoms with E-state index in [4.69, 9.17) is 12.2 Å². The second-order valence-electron chi connectivity index (χ2n) is 4.08. The molecule has 1 saturated heterocycles. The lowest BCUT2D eigenvalue weighted by Gasteiger charge is -2.33. The molecule has 0 bridgehead atoms. The van der Waals surface area contributed by atoms with Crippen molar-refractivity contribution >= 4 is 11.5 Å². The SMILES string of the molecule is C#Cc1cc(N)cc(N2CCN(C)CC2)n1. The molecule has 1 aromatic rings. The maximum absolute atomic E-state index is 5.80. The normalized spacial score (nSPS) is 17.1. The first-order chi connectivity index (χ1) is 7.69. The molecule has 0 saturated carbocycles. The maximum atomic E-state index is 5.80. The predicted molar refractivity (Wildman–Crippen MR) is 66.3 cm³/mol. The largest absolute Gasteiger partial charge is 0.399 e. The Hall–Kier alpha value is -1.73. The third kappa shape index (κ3) is 2.26. The predicted octanol–water partition coefficient (Wildman–Crippen LogP) is 0.397. The highest BCUT2D eigenvalue weighted by Crippen LogP contribution is 2.17. The first-order valence-electron chi connectivity index (χ1n) is 5.36. The third-order valence-electron chi connectivity index (χ3n) is 2.81. The maximum Gasteiger partial charge on any atom is 0.132 e. The number of piperazine rings is 1. The zero-order valence-electron chi connectivity index (χ0n) is 9.48. The van der Waals surface area contributed by atoms with Crippen molar-refractivity contribution in [1.29, 1.82) is 0 Å². The topological polar surface area (TPSA) is 45.4 Å². The Morgan fingerprint density at radius 3 is 2.62 bits per heavy atom. The fraction of sp³-hybridized carbons (Fsp3) is 0.417. The molecule has 0 spiro atoms. The number of terminal acetylenes is 1. The van der Waals surface area contributed by atoms with Gasteiger partial charge in [0.25, 0.3) is 0 Å². The Morgan fingerprint density at radius 1 is 1.31 bits per heavy atom. The molecule has 4 heteroatoms. The first-order valence-corrected chi connectivity index (χ1v) is 5.36. The summed E-state index contributed by atoms with van der Waals surface area (Å²) in [5.41, 5.74) is 7.08. The van der Waals surface area contributed by atoms with Crippen molar-refractivity contribution in [3.8, 4) is 12.3 Å². The van der Waals surface area contributed by atoms with E-state index in [-0.39, 0.29) is 0 Å². The quantitative estimate of drug-likeness (QED) is 0.690. The summed E-state index contributed by atoms with van der Waals surface area (Å²) in [7, 11) is 2.12. The summed E-state index contributed by atoms with van der Waals surface area (Å²) in [4.78, 5) is 8.91. The minimum absolute atomic E-state index is 0.605. The highest BCUT2D eigenvalue weighted by molar-refractivity contribution is 5.54. The summed E-state index contributed by atoms with van der Waals surface area (Å²) in [6.07, 6.45) is 5.34. The summed E-state index contributed by atoms with van der Waals surface area (Å²) in [5.74, 6) is 3.42. The van der Waals surface area contributed by atoms with Crippen LogP contribution < -0.4 is 10.6 Å². The molecule has 0 aromatic carbocycles. The Labute approximate surface area is 96.1 Å². The molecule has 1 aromatic heterocycles. The molecule has 0 radical (unpaired) electrons. The van der Waals surface area contributed by atoms with Gasteiger partial charge in [0.15, 0.2) is 0 Å². The fourth-order valence-corrected chi connectivity index (χ4v) is 1.81. The summed E-state index contributed by atoms with van der Waals surface area (Å²) in [5, 5.41) is 0. The second kappa shape index (κ2) is 4.42. The molecule has 2 N–H and O–H groups in total. The van der Waals surface area contributed by atoms with Crippen LogP contribution in [0.25, 0.3) is 0 Å². The van der Waals surface area contributed by atoms with Crippen molar-refractivity contribution in [2.24, 2.45) is 0 Å². The van der Waals surface area contributed by atoms with Crippen LogP contribution in [0, 0.1) is 12.3 Å². The van der Waals surface area contributed by atoms with E-state index in [2.05, 4.69) is 27.8 Å². The summed E-state index contributed by atoms with van der Waals surface area (Å²) >= 11 is 0. The lowest BCUT2D eigenvalue weighted by molar-refractivity contribution is 0.312. The van der Waals surface area contributed by atoms with Gasteiger partial charge in [0, 0.05) is 37.9 Å². The molecular formula is C12H16N4. The van der Waals surface area contributed by atoms with Gasteiger partial charge in [-0.25, -0.2) is 4.98 Å². The van der Waals surface area contributed by atoms with Gasteiger partial charge in [0.2, 0.25) is 0 Å². The molecule has 16 heavy (non-hydrogen) atoms. The highest BCUT2D eigenvalue weighted by atomic mass is 15.3. The molecule has 2 heterocycles. The van der Waals surface area contributed by atoms with Gasteiger partial charge in [0.05, 0.1) is 0 Å². The molecule has 1 aliphatic rings. The summed E-state index contributed by atoms with van der Waals surface area (Å²) in [6, 6.07) is 3.60. The Kier molecular flexibility index (Phi) is 2.97. The van der Waals surface area contributed by atoms with Gasteiger partial charge < -0.3 is 15.5 Å². The molecule has 0 atom stereocenters. The van der Waals surface area contributed by atoms with Crippen LogP contribution in [-0.4, -0.2) is 43.1 Å². The average molecular weight is 216 g/mol. The van der Waals surface area contributed by atoms with Crippen LogP contribution in [0.3, 0.4) is 0 Å². The number of nitrogen functional groups attached to an aromatic ring is 1.